The molecule has 2 aromatic carbocycles. The second kappa shape index (κ2) is 8.67. The molecule has 0 unspecified atom stereocenters. The van der Waals surface area contributed by atoms with E-state index in [9.17, 15) is 18.7 Å². The van der Waals surface area contributed by atoms with Crippen molar-refractivity contribution in [1.29, 1.82) is 0 Å². The van der Waals surface area contributed by atoms with Gasteiger partial charge in [0.2, 0.25) is 5.91 Å². The van der Waals surface area contributed by atoms with Gasteiger partial charge in [0.05, 0.1) is 12.1 Å². The number of halogens is 2. The molecule has 2 bridgehead atoms. The molecule has 2 fully saturated rings. The minimum Gasteiger partial charge on any atom is -0.389 e. The number of piperidine rings is 1. The Kier molecular flexibility index (Phi) is 6.13. The number of aliphatic hydroxyl groups is 1. The van der Waals surface area contributed by atoms with Crippen LogP contribution in [-0.4, -0.2) is 40.1 Å². The Labute approximate surface area is 182 Å². The first-order valence-corrected chi connectivity index (χ1v) is 11.1. The van der Waals surface area contributed by atoms with Gasteiger partial charge >= 0.3 is 0 Å². The average molecular weight is 429 g/mol. The second-order valence-corrected chi connectivity index (χ2v) is 9.11. The molecule has 0 aromatic heterocycles. The van der Waals surface area contributed by atoms with E-state index in [2.05, 4.69) is 17.1 Å². The molecule has 31 heavy (non-hydrogen) atoms. The number of nitrogens with zero attached hydrogens (tertiary/aromatic N) is 1. The maximum absolute atomic E-state index is 14.1. The Morgan fingerprint density at radius 1 is 1.16 bits per heavy atom. The molecule has 166 valence electrons. The number of hydrogen-bond acceptors (Lipinski definition) is 3. The average Bonchev–Trinajstić information content (AvgIpc) is 2.95. The molecule has 1 amide bonds. The van der Waals surface area contributed by atoms with Gasteiger partial charge in [-0.15, -0.1) is 0 Å². The van der Waals surface area contributed by atoms with E-state index in [1.165, 1.54) is 12.1 Å². The molecule has 2 N–H and O–H groups in total. The summed E-state index contributed by atoms with van der Waals surface area (Å²) in [7, 11) is 0. The van der Waals surface area contributed by atoms with Gasteiger partial charge in [0, 0.05) is 30.3 Å². The van der Waals surface area contributed by atoms with Crippen LogP contribution >= 0.6 is 0 Å². The van der Waals surface area contributed by atoms with Crippen molar-refractivity contribution in [2.75, 3.05) is 11.9 Å². The van der Waals surface area contributed by atoms with Crippen molar-refractivity contribution >= 4 is 11.6 Å². The first-order valence-electron chi connectivity index (χ1n) is 11.1. The molecule has 2 saturated heterocycles. The number of hydrogen-bond donors (Lipinski definition) is 2. The van der Waals surface area contributed by atoms with Gasteiger partial charge < -0.3 is 10.4 Å². The van der Waals surface area contributed by atoms with E-state index in [0.29, 0.717) is 18.4 Å². The summed E-state index contributed by atoms with van der Waals surface area (Å²) in [6.07, 6.45) is 3.80. The summed E-state index contributed by atoms with van der Waals surface area (Å²) < 4.78 is 27.3. The summed E-state index contributed by atoms with van der Waals surface area (Å²) in [4.78, 5) is 15.0. The zero-order chi connectivity index (χ0) is 22.2. The third kappa shape index (κ3) is 4.65. The third-order valence-corrected chi connectivity index (χ3v) is 6.87. The highest BCUT2D eigenvalue weighted by molar-refractivity contribution is 5.93. The quantitative estimate of drug-likeness (QED) is 0.718. The van der Waals surface area contributed by atoms with E-state index in [4.69, 9.17) is 0 Å². The van der Waals surface area contributed by atoms with Gasteiger partial charge in [0.15, 0.2) is 0 Å². The summed E-state index contributed by atoms with van der Waals surface area (Å²) in [6.45, 7) is 4.35. The van der Waals surface area contributed by atoms with Crippen molar-refractivity contribution < 1.29 is 18.7 Å². The van der Waals surface area contributed by atoms with Crippen LogP contribution in [-0.2, 0) is 17.6 Å². The second-order valence-electron chi connectivity index (χ2n) is 9.11. The van der Waals surface area contributed by atoms with E-state index < -0.39 is 17.2 Å². The summed E-state index contributed by atoms with van der Waals surface area (Å²) in [5.41, 5.74) is 2.35. The lowest BCUT2D eigenvalue weighted by Crippen LogP contribution is -2.53. The fourth-order valence-corrected chi connectivity index (χ4v) is 5.38. The number of carbonyl (C=O) groups excluding carboxylic acids is 1. The van der Waals surface area contributed by atoms with Crippen LogP contribution in [0.1, 0.15) is 49.3 Å². The maximum atomic E-state index is 14.1. The first kappa shape index (κ1) is 21.9. The molecule has 2 aliphatic rings. The van der Waals surface area contributed by atoms with Crippen LogP contribution in [0.2, 0.25) is 0 Å². The molecule has 0 spiro atoms. The molecule has 6 heteroatoms. The smallest absolute Gasteiger partial charge is 0.238 e. The van der Waals surface area contributed by atoms with Crippen LogP contribution in [0.3, 0.4) is 0 Å². The number of anilines is 1. The first-order chi connectivity index (χ1) is 14.8. The lowest BCUT2D eigenvalue weighted by atomic mass is 9.81. The van der Waals surface area contributed by atoms with Crippen molar-refractivity contribution in [3.05, 3.63) is 64.7 Å². The molecule has 2 aliphatic heterocycles. The standard InChI is InChI=1S/C25H30F2N2O2/c1-3-17-6-4-5-16(2)24(17)28-23(30)15-29-20-9-10-21(29)14-25(31,13-20)12-18-7-8-19(26)11-22(18)27/h4-8,11,20-21,31H,3,9-10,12-15H2,1-2H3,(H,28,30)/t20-,21-/m0/s1. The Morgan fingerprint density at radius 2 is 1.87 bits per heavy atom. The van der Waals surface area contributed by atoms with Gasteiger partial charge in [-0.25, -0.2) is 8.78 Å². The summed E-state index contributed by atoms with van der Waals surface area (Å²) in [5, 5.41) is 14.3. The number of nitrogens with one attached hydrogen (secondary N) is 1. The van der Waals surface area contributed by atoms with Crippen molar-refractivity contribution in [1.82, 2.24) is 4.90 Å². The molecule has 2 atom stereocenters. The number of carbonyl (C=O) groups is 1. The Balaban J connectivity index is 1.42. The van der Waals surface area contributed by atoms with E-state index in [1.807, 2.05) is 25.1 Å². The van der Waals surface area contributed by atoms with Gasteiger partial charge in [-0.3, -0.25) is 9.69 Å². The van der Waals surface area contributed by atoms with Crippen molar-refractivity contribution in [2.45, 2.75) is 70.1 Å². The Bertz CT molecular complexity index is 964. The van der Waals surface area contributed by atoms with Gasteiger partial charge in [-0.1, -0.05) is 31.2 Å². The summed E-state index contributed by atoms with van der Waals surface area (Å²) >= 11 is 0. The topological polar surface area (TPSA) is 52.6 Å². The number of para-hydroxylation sites is 1. The molecule has 4 nitrogen and oxygen atoms in total. The molecule has 4 rings (SSSR count). The zero-order valence-corrected chi connectivity index (χ0v) is 18.1. The highest BCUT2D eigenvalue weighted by atomic mass is 19.1. The van der Waals surface area contributed by atoms with E-state index in [0.717, 1.165) is 42.1 Å². The van der Waals surface area contributed by atoms with Crippen LogP contribution in [0, 0.1) is 18.6 Å². The fraction of sp³-hybridized carbons (Fsp3) is 0.480. The molecular formula is C25H30F2N2O2. The minimum atomic E-state index is -1.04. The molecule has 0 saturated carbocycles. The van der Waals surface area contributed by atoms with Crippen molar-refractivity contribution in [3.8, 4) is 0 Å². The predicted molar refractivity (Wildman–Crippen MR) is 117 cm³/mol. The van der Waals surface area contributed by atoms with Gasteiger partial charge in [0.1, 0.15) is 11.6 Å². The lowest BCUT2D eigenvalue weighted by molar-refractivity contribution is -0.120. The minimum absolute atomic E-state index is 0.0454. The van der Waals surface area contributed by atoms with Crippen molar-refractivity contribution in [3.63, 3.8) is 0 Å². The summed E-state index contributed by atoms with van der Waals surface area (Å²) in [5.74, 6) is -1.28. The molecule has 2 aromatic rings. The van der Waals surface area contributed by atoms with Crippen LogP contribution in [0.5, 0.6) is 0 Å². The molecular weight excluding hydrogens is 398 g/mol. The van der Waals surface area contributed by atoms with Crippen molar-refractivity contribution in [2.24, 2.45) is 0 Å². The van der Waals surface area contributed by atoms with Crippen LogP contribution in [0.25, 0.3) is 0 Å². The predicted octanol–water partition coefficient (Wildman–Crippen LogP) is 4.37. The normalized spacial score (nSPS) is 25.6. The number of benzene rings is 2. The maximum Gasteiger partial charge on any atom is 0.238 e. The largest absolute Gasteiger partial charge is 0.389 e. The number of amides is 1. The number of fused-ring (bicyclic) bond motifs is 2. The molecule has 2 heterocycles. The van der Waals surface area contributed by atoms with E-state index in [1.54, 1.807) is 0 Å². The Hall–Kier alpha value is -2.31. The van der Waals surface area contributed by atoms with Gasteiger partial charge in [-0.05, 0) is 61.8 Å². The van der Waals surface area contributed by atoms with Gasteiger partial charge in [0.25, 0.3) is 0 Å². The molecule has 0 aliphatic carbocycles. The monoisotopic (exact) mass is 428 g/mol. The van der Waals surface area contributed by atoms with Gasteiger partial charge in [-0.2, -0.15) is 0 Å². The highest BCUT2D eigenvalue weighted by Crippen LogP contribution is 2.42. The van der Waals surface area contributed by atoms with Crippen LogP contribution in [0.15, 0.2) is 36.4 Å². The van der Waals surface area contributed by atoms with E-state index in [-0.39, 0.29) is 31.0 Å². The highest BCUT2D eigenvalue weighted by Gasteiger charge is 2.48. The fourth-order valence-electron chi connectivity index (χ4n) is 5.38. The lowest BCUT2D eigenvalue weighted by Gasteiger charge is -2.43. The zero-order valence-electron chi connectivity index (χ0n) is 18.1. The van der Waals surface area contributed by atoms with Crippen LogP contribution < -0.4 is 5.32 Å². The SMILES string of the molecule is CCc1cccc(C)c1NC(=O)CN1[C@H]2CC[C@H]1CC(O)(Cc1ccc(F)cc1F)C2. The Morgan fingerprint density at radius 3 is 2.52 bits per heavy atom. The summed E-state index contributed by atoms with van der Waals surface area (Å²) in [6, 6.07) is 9.70. The molecule has 0 radical (unpaired) electrons. The van der Waals surface area contributed by atoms with Crippen LogP contribution in [0.4, 0.5) is 14.5 Å². The van der Waals surface area contributed by atoms with E-state index >= 15 is 0 Å². The third-order valence-electron chi connectivity index (χ3n) is 6.87. The number of rotatable bonds is 6. The number of aryl methyl sites for hydroxylation is 2.